The summed E-state index contributed by atoms with van der Waals surface area (Å²) in [5, 5.41) is 5.93. The molecule has 12 heteroatoms. The number of hydrogen-bond acceptors (Lipinski definition) is 9. The highest BCUT2D eigenvalue weighted by Gasteiger charge is 2.27. The monoisotopic (exact) mass is 520 g/mol. The highest BCUT2D eigenvalue weighted by molar-refractivity contribution is 7.89. The molecule has 3 aromatic rings. The largest absolute Gasteiger partial charge is 0.496 e. The van der Waals surface area contributed by atoms with E-state index in [-0.39, 0.29) is 23.8 Å². The SMILES string of the molecule is CCN(Cc1nc(-c2cccs2)no1)C(=O)CCc1cc(S(=O)(=O)N2CCOCC2)ccc1OC. The van der Waals surface area contributed by atoms with E-state index >= 15 is 0 Å². The van der Waals surface area contributed by atoms with Gasteiger partial charge in [-0.15, -0.1) is 11.3 Å². The molecular weight excluding hydrogens is 492 g/mol. The fourth-order valence-electron chi connectivity index (χ4n) is 3.81. The molecule has 0 radical (unpaired) electrons. The van der Waals surface area contributed by atoms with E-state index < -0.39 is 10.0 Å². The number of carbonyl (C=O) groups excluding carboxylic acids is 1. The fraction of sp³-hybridized carbons (Fsp3) is 0.435. The second-order valence-corrected chi connectivity index (χ2v) is 10.8. The van der Waals surface area contributed by atoms with Crippen molar-refractivity contribution >= 4 is 27.3 Å². The van der Waals surface area contributed by atoms with Gasteiger partial charge in [0.1, 0.15) is 5.75 Å². The van der Waals surface area contributed by atoms with Crippen molar-refractivity contribution < 1.29 is 27.2 Å². The summed E-state index contributed by atoms with van der Waals surface area (Å²) in [5.41, 5.74) is 0.656. The van der Waals surface area contributed by atoms with Crippen molar-refractivity contribution in [1.29, 1.82) is 0 Å². The highest BCUT2D eigenvalue weighted by atomic mass is 32.2. The van der Waals surface area contributed by atoms with Gasteiger partial charge < -0.3 is 18.9 Å². The van der Waals surface area contributed by atoms with Crippen LogP contribution in [0.5, 0.6) is 5.75 Å². The minimum atomic E-state index is -3.65. The summed E-state index contributed by atoms with van der Waals surface area (Å²) >= 11 is 1.51. The molecule has 0 saturated carbocycles. The average Bonchev–Trinajstić information content (AvgIpc) is 3.58. The third kappa shape index (κ3) is 5.89. The Morgan fingerprint density at radius 1 is 1.26 bits per heavy atom. The van der Waals surface area contributed by atoms with E-state index in [0.717, 1.165) is 4.88 Å². The molecule has 1 aliphatic rings. The molecule has 0 spiro atoms. The molecule has 2 aromatic heterocycles. The zero-order valence-electron chi connectivity index (χ0n) is 19.7. The zero-order valence-corrected chi connectivity index (χ0v) is 21.3. The van der Waals surface area contributed by atoms with Crippen molar-refractivity contribution in [3.8, 4) is 16.5 Å². The first-order valence-corrected chi connectivity index (χ1v) is 13.6. The number of aryl methyl sites for hydroxylation is 1. The minimum Gasteiger partial charge on any atom is -0.496 e. The molecule has 35 heavy (non-hydrogen) atoms. The van der Waals surface area contributed by atoms with Crippen LogP contribution < -0.4 is 4.74 Å². The van der Waals surface area contributed by atoms with Gasteiger partial charge in [0.25, 0.3) is 0 Å². The first-order chi connectivity index (χ1) is 16.9. The van der Waals surface area contributed by atoms with Crippen molar-refractivity contribution in [3.05, 3.63) is 47.2 Å². The molecule has 1 fully saturated rings. The summed E-state index contributed by atoms with van der Waals surface area (Å²) in [6.07, 6.45) is 0.506. The molecule has 3 heterocycles. The summed E-state index contributed by atoms with van der Waals surface area (Å²) in [7, 11) is -2.13. The van der Waals surface area contributed by atoms with Gasteiger partial charge in [-0.05, 0) is 48.6 Å². The molecule has 0 N–H and O–H groups in total. The summed E-state index contributed by atoms with van der Waals surface area (Å²) < 4.78 is 43.6. The Labute approximate surface area is 208 Å². The Balaban J connectivity index is 1.43. The Hall–Kier alpha value is -2.80. The van der Waals surface area contributed by atoms with Crippen LogP contribution in [0.2, 0.25) is 0 Å². The van der Waals surface area contributed by atoms with Crippen molar-refractivity contribution in [2.24, 2.45) is 0 Å². The van der Waals surface area contributed by atoms with E-state index in [1.54, 1.807) is 17.0 Å². The van der Waals surface area contributed by atoms with Crippen LogP contribution in [0, 0.1) is 0 Å². The quantitative estimate of drug-likeness (QED) is 0.401. The average molecular weight is 521 g/mol. The van der Waals surface area contributed by atoms with E-state index in [0.29, 0.717) is 62.3 Å². The molecule has 188 valence electrons. The topological polar surface area (TPSA) is 115 Å². The van der Waals surface area contributed by atoms with Crippen molar-refractivity contribution in [1.82, 2.24) is 19.3 Å². The first-order valence-electron chi connectivity index (χ1n) is 11.3. The van der Waals surface area contributed by atoms with Gasteiger partial charge in [-0.1, -0.05) is 11.2 Å². The fourth-order valence-corrected chi connectivity index (χ4v) is 5.92. The predicted octanol–water partition coefficient (Wildman–Crippen LogP) is 2.81. The summed E-state index contributed by atoms with van der Waals surface area (Å²) in [4.78, 5) is 20.1. The maximum absolute atomic E-state index is 13.1. The number of amides is 1. The van der Waals surface area contributed by atoms with Crippen molar-refractivity contribution in [2.75, 3.05) is 40.0 Å². The molecule has 1 aromatic carbocycles. The Morgan fingerprint density at radius 3 is 2.74 bits per heavy atom. The smallest absolute Gasteiger partial charge is 0.246 e. The molecule has 0 aliphatic carbocycles. The summed E-state index contributed by atoms with van der Waals surface area (Å²) in [6, 6.07) is 8.58. The second-order valence-electron chi connectivity index (χ2n) is 7.89. The Bertz CT molecular complexity index is 1240. The number of thiophene rings is 1. The van der Waals surface area contributed by atoms with Gasteiger partial charge in [0.05, 0.1) is 36.6 Å². The molecule has 10 nitrogen and oxygen atoms in total. The van der Waals surface area contributed by atoms with Crippen LogP contribution in [-0.2, 0) is 32.5 Å². The highest BCUT2D eigenvalue weighted by Crippen LogP contribution is 2.27. The van der Waals surface area contributed by atoms with Crippen LogP contribution in [0.25, 0.3) is 10.7 Å². The molecule has 1 amide bonds. The molecule has 1 saturated heterocycles. The maximum Gasteiger partial charge on any atom is 0.246 e. The van der Waals surface area contributed by atoms with E-state index in [2.05, 4.69) is 10.1 Å². The molecule has 0 atom stereocenters. The number of ether oxygens (including phenoxy) is 2. The number of nitrogens with zero attached hydrogens (tertiary/aromatic N) is 4. The van der Waals surface area contributed by atoms with Crippen LogP contribution in [0.3, 0.4) is 0 Å². The number of aromatic nitrogens is 2. The lowest BCUT2D eigenvalue weighted by atomic mass is 10.1. The normalized spacial score (nSPS) is 14.7. The number of morpholine rings is 1. The molecular formula is C23H28N4O6S2. The molecule has 0 unspecified atom stereocenters. The summed E-state index contributed by atoms with van der Waals surface area (Å²) in [5.74, 6) is 1.30. The van der Waals surface area contributed by atoms with E-state index in [1.165, 1.54) is 28.8 Å². The lowest BCUT2D eigenvalue weighted by Gasteiger charge is -2.26. The standard InChI is InChI=1S/C23H28N4O6S2/c1-3-26(16-21-24-23(25-33-21)20-5-4-14-34-20)22(28)9-6-17-15-18(7-8-19(17)31-2)35(29,30)27-10-12-32-13-11-27/h4-5,7-8,14-15H,3,6,9-13,16H2,1-2H3. The number of carbonyl (C=O) groups is 1. The van der Waals surface area contributed by atoms with Gasteiger partial charge in [-0.25, -0.2) is 8.42 Å². The summed E-state index contributed by atoms with van der Waals surface area (Å²) in [6.45, 7) is 3.94. The number of rotatable bonds is 10. The third-order valence-electron chi connectivity index (χ3n) is 5.74. The Morgan fingerprint density at radius 2 is 2.06 bits per heavy atom. The predicted molar refractivity (Wildman–Crippen MR) is 130 cm³/mol. The van der Waals surface area contributed by atoms with Crippen LogP contribution in [0.1, 0.15) is 24.8 Å². The number of sulfonamides is 1. The van der Waals surface area contributed by atoms with E-state index in [4.69, 9.17) is 14.0 Å². The van der Waals surface area contributed by atoms with Crippen LogP contribution in [0.4, 0.5) is 0 Å². The Kier molecular flexibility index (Phi) is 8.16. The van der Waals surface area contributed by atoms with Gasteiger partial charge in [0.15, 0.2) is 0 Å². The third-order valence-corrected chi connectivity index (χ3v) is 8.50. The van der Waals surface area contributed by atoms with Gasteiger partial charge in [-0.3, -0.25) is 4.79 Å². The van der Waals surface area contributed by atoms with Crippen LogP contribution in [0.15, 0.2) is 45.1 Å². The zero-order chi connectivity index (χ0) is 24.8. The van der Waals surface area contributed by atoms with Gasteiger partial charge in [0, 0.05) is 26.1 Å². The molecule has 0 bridgehead atoms. The van der Waals surface area contributed by atoms with Crippen molar-refractivity contribution in [2.45, 2.75) is 31.2 Å². The van der Waals surface area contributed by atoms with Crippen molar-refractivity contribution in [3.63, 3.8) is 0 Å². The number of methoxy groups -OCH3 is 1. The van der Waals surface area contributed by atoms with Gasteiger partial charge in [-0.2, -0.15) is 9.29 Å². The van der Waals surface area contributed by atoms with Gasteiger partial charge in [0.2, 0.25) is 27.6 Å². The number of hydrogen-bond donors (Lipinski definition) is 0. The lowest BCUT2D eigenvalue weighted by molar-refractivity contribution is -0.131. The lowest BCUT2D eigenvalue weighted by Crippen LogP contribution is -2.40. The maximum atomic E-state index is 13.1. The van der Waals surface area contributed by atoms with Crippen LogP contribution in [-0.4, -0.2) is 73.6 Å². The van der Waals surface area contributed by atoms with E-state index in [9.17, 15) is 13.2 Å². The second kappa shape index (κ2) is 11.3. The van der Waals surface area contributed by atoms with E-state index in [1.807, 2.05) is 24.4 Å². The number of benzene rings is 1. The minimum absolute atomic E-state index is 0.105. The first kappa shape index (κ1) is 25.3. The van der Waals surface area contributed by atoms with Gasteiger partial charge >= 0.3 is 0 Å². The van der Waals surface area contributed by atoms with Crippen LogP contribution >= 0.6 is 11.3 Å². The molecule has 4 rings (SSSR count). The molecule has 1 aliphatic heterocycles.